The first-order valence-electron chi connectivity index (χ1n) is 6.04. The average Bonchev–Trinajstić information content (AvgIpc) is 3.11. The number of halogens is 1. The molecule has 1 unspecified atom stereocenters. The lowest BCUT2D eigenvalue weighted by atomic mass is 10.2. The second-order valence-electron chi connectivity index (χ2n) is 4.62. The van der Waals surface area contributed by atoms with Crippen molar-refractivity contribution in [2.75, 3.05) is 7.11 Å². The van der Waals surface area contributed by atoms with E-state index in [0.29, 0.717) is 28.2 Å². The van der Waals surface area contributed by atoms with Gasteiger partial charge in [-0.1, -0.05) is 16.8 Å². The first-order valence-corrected chi connectivity index (χ1v) is 6.42. The number of aromatic hydroxyl groups is 1. The fraction of sp³-hybridized carbons (Fsp3) is 0.385. The molecular weight excluding hydrogens is 268 g/mol. The first-order chi connectivity index (χ1) is 9.19. The normalized spacial score (nSPS) is 16.5. The highest BCUT2D eigenvalue weighted by molar-refractivity contribution is 6.33. The molecule has 0 radical (unpaired) electrons. The Morgan fingerprint density at radius 2 is 2.26 bits per heavy atom. The third-order valence-corrected chi connectivity index (χ3v) is 3.51. The summed E-state index contributed by atoms with van der Waals surface area (Å²) in [7, 11) is 1.64. The molecule has 1 heterocycles. The first kappa shape index (κ1) is 12.4. The van der Waals surface area contributed by atoms with E-state index in [1.54, 1.807) is 13.2 Å². The molecule has 3 rings (SSSR count). The molecule has 0 bridgehead atoms. The number of nitrogens with zero attached hydrogens (tertiary/aromatic N) is 2. The number of methoxy groups -OCH3 is 1. The number of benzene rings is 1. The molecule has 1 aliphatic carbocycles. The second-order valence-corrected chi connectivity index (χ2v) is 5.02. The molecule has 19 heavy (non-hydrogen) atoms. The van der Waals surface area contributed by atoms with Gasteiger partial charge in [-0.15, -0.1) is 0 Å². The summed E-state index contributed by atoms with van der Waals surface area (Å²) in [5.74, 6) is 1.39. The number of hydrogen-bond acceptors (Lipinski definition) is 5. The highest BCUT2D eigenvalue weighted by Crippen LogP contribution is 2.42. The summed E-state index contributed by atoms with van der Waals surface area (Å²) in [5, 5.41) is 13.9. The van der Waals surface area contributed by atoms with E-state index in [-0.39, 0.29) is 11.9 Å². The molecule has 0 amide bonds. The van der Waals surface area contributed by atoms with Crippen molar-refractivity contribution in [3.8, 4) is 17.2 Å². The van der Waals surface area contributed by atoms with Crippen LogP contribution in [0.3, 0.4) is 0 Å². The minimum atomic E-state index is -0.131. The molecule has 100 valence electrons. The third kappa shape index (κ3) is 2.43. The molecule has 1 aliphatic rings. The topological polar surface area (TPSA) is 68.4 Å². The molecule has 1 saturated carbocycles. The summed E-state index contributed by atoms with van der Waals surface area (Å²) in [4.78, 5) is 4.32. The summed E-state index contributed by atoms with van der Waals surface area (Å²) in [6.07, 6.45) is 2.11. The lowest BCUT2D eigenvalue weighted by Crippen LogP contribution is -2.05. The Hall–Kier alpha value is -1.59. The fourth-order valence-corrected chi connectivity index (χ4v) is 2.24. The van der Waals surface area contributed by atoms with Crippen LogP contribution in [0.25, 0.3) is 11.5 Å². The summed E-state index contributed by atoms with van der Waals surface area (Å²) >= 11 is 6.06. The highest BCUT2D eigenvalue weighted by atomic mass is 35.5. The average molecular weight is 281 g/mol. The molecule has 0 aliphatic heterocycles. The van der Waals surface area contributed by atoms with Crippen molar-refractivity contribution in [3.63, 3.8) is 0 Å². The Kier molecular flexibility index (Phi) is 3.16. The van der Waals surface area contributed by atoms with Gasteiger partial charge in [0.1, 0.15) is 11.9 Å². The molecule has 2 aromatic rings. The van der Waals surface area contributed by atoms with Crippen LogP contribution in [0.15, 0.2) is 22.7 Å². The zero-order valence-electron chi connectivity index (χ0n) is 10.3. The molecule has 0 spiro atoms. The Morgan fingerprint density at radius 3 is 2.95 bits per heavy atom. The second kappa shape index (κ2) is 4.83. The molecule has 5 nitrogen and oxygen atoms in total. The molecule has 0 saturated heterocycles. The largest absolute Gasteiger partial charge is 0.508 e. The summed E-state index contributed by atoms with van der Waals surface area (Å²) < 4.78 is 10.6. The van der Waals surface area contributed by atoms with E-state index < -0.39 is 0 Å². The van der Waals surface area contributed by atoms with E-state index in [2.05, 4.69) is 10.1 Å². The van der Waals surface area contributed by atoms with Crippen LogP contribution in [0.1, 0.15) is 24.8 Å². The van der Waals surface area contributed by atoms with Crippen LogP contribution in [0.2, 0.25) is 5.02 Å². The molecule has 6 heteroatoms. The number of aromatic nitrogens is 2. The van der Waals surface area contributed by atoms with Gasteiger partial charge in [0.15, 0.2) is 0 Å². The zero-order chi connectivity index (χ0) is 13.4. The van der Waals surface area contributed by atoms with E-state index >= 15 is 0 Å². The lowest BCUT2D eigenvalue weighted by molar-refractivity contribution is 0.0751. The van der Waals surface area contributed by atoms with Gasteiger partial charge in [0.2, 0.25) is 5.82 Å². The smallest absolute Gasteiger partial charge is 0.259 e. The van der Waals surface area contributed by atoms with Crippen LogP contribution >= 0.6 is 11.6 Å². The van der Waals surface area contributed by atoms with E-state index in [1.165, 1.54) is 12.1 Å². The molecule has 1 atom stereocenters. The van der Waals surface area contributed by atoms with Gasteiger partial charge in [-0.05, 0) is 37.0 Å². The molecule has 1 N–H and O–H groups in total. The summed E-state index contributed by atoms with van der Waals surface area (Å²) in [5.41, 5.74) is 0.520. The van der Waals surface area contributed by atoms with E-state index in [1.807, 2.05) is 0 Å². The fourth-order valence-electron chi connectivity index (χ4n) is 2.04. The van der Waals surface area contributed by atoms with Gasteiger partial charge >= 0.3 is 0 Å². The Bertz CT molecular complexity index is 595. The van der Waals surface area contributed by atoms with Crippen molar-refractivity contribution in [2.24, 2.45) is 5.92 Å². The minimum Gasteiger partial charge on any atom is -0.508 e. The van der Waals surface area contributed by atoms with Gasteiger partial charge in [0.25, 0.3) is 5.89 Å². The molecule has 1 aromatic heterocycles. The predicted molar refractivity (Wildman–Crippen MR) is 68.9 cm³/mol. The van der Waals surface area contributed by atoms with Crippen molar-refractivity contribution < 1.29 is 14.4 Å². The van der Waals surface area contributed by atoms with Crippen molar-refractivity contribution in [1.29, 1.82) is 0 Å². The van der Waals surface area contributed by atoms with Gasteiger partial charge in [-0.25, -0.2) is 0 Å². The quantitative estimate of drug-likeness (QED) is 0.931. The Labute approximate surface area is 115 Å². The molecule has 1 fully saturated rings. The number of hydrogen-bond donors (Lipinski definition) is 1. The maximum absolute atomic E-state index is 9.49. The van der Waals surface area contributed by atoms with E-state index in [0.717, 1.165) is 12.8 Å². The molecular formula is C13H13ClN2O3. The molecule has 1 aromatic carbocycles. The number of ether oxygens (including phenoxy) is 1. The minimum absolute atomic E-state index is 0.102. The van der Waals surface area contributed by atoms with Gasteiger partial charge in [-0.2, -0.15) is 4.98 Å². The van der Waals surface area contributed by atoms with Crippen LogP contribution in [0, 0.1) is 5.92 Å². The van der Waals surface area contributed by atoms with Crippen LogP contribution in [0.5, 0.6) is 5.75 Å². The zero-order valence-corrected chi connectivity index (χ0v) is 11.1. The lowest BCUT2D eigenvalue weighted by Gasteiger charge is -2.08. The maximum Gasteiger partial charge on any atom is 0.259 e. The van der Waals surface area contributed by atoms with Crippen LogP contribution in [-0.2, 0) is 4.74 Å². The van der Waals surface area contributed by atoms with Gasteiger partial charge < -0.3 is 14.4 Å². The van der Waals surface area contributed by atoms with E-state index in [4.69, 9.17) is 20.9 Å². The van der Waals surface area contributed by atoms with Crippen molar-refractivity contribution in [1.82, 2.24) is 10.1 Å². The van der Waals surface area contributed by atoms with Crippen molar-refractivity contribution in [3.05, 3.63) is 29.0 Å². The van der Waals surface area contributed by atoms with Gasteiger partial charge in [-0.3, -0.25) is 0 Å². The van der Waals surface area contributed by atoms with E-state index in [9.17, 15) is 5.11 Å². The van der Waals surface area contributed by atoms with Crippen molar-refractivity contribution >= 4 is 11.6 Å². The Morgan fingerprint density at radius 1 is 1.47 bits per heavy atom. The van der Waals surface area contributed by atoms with Gasteiger partial charge in [0, 0.05) is 7.11 Å². The number of phenols is 1. The standard InChI is InChI=1S/C13H13ClN2O3/c1-18-11(7-2-3-7)12-15-13(19-16-12)9-6-8(17)4-5-10(9)14/h4-7,11,17H,2-3H2,1H3. The summed E-state index contributed by atoms with van der Waals surface area (Å²) in [6, 6.07) is 4.59. The SMILES string of the molecule is COC(c1noc(-c2cc(O)ccc2Cl)n1)C1CC1. The van der Waals surface area contributed by atoms with Gasteiger partial charge in [0.05, 0.1) is 10.6 Å². The highest BCUT2D eigenvalue weighted by Gasteiger charge is 2.35. The predicted octanol–water partition coefficient (Wildman–Crippen LogP) is 3.19. The van der Waals surface area contributed by atoms with Crippen LogP contribution < -0.4 is 0 Å². The monoisotopic (exact) mass is 280 g/mol. The Balaban J connectivity index is 1.94. The maximum atomic E-state index is 9.49. The third-order valence-electron chi connectivity index (χ3n) is 3.18. The van der Waals surface area contributed by atoms with Crippen LogP contribution in [0.4, 0.5) is 0 Å². The number of phenolic OH excluding ortho intramolecular Hbond substituents is 1. The summed E-state index contributed by atoms with van der Waals surface area (Å²) in [6.45, 7) is 0. The van der Waals surface area contributed by atoms with Crippen LogP contribution in [-0.4, -0.2) is 22.4 Å². The van der Waals surface area contributed by atoms with Crippen molar-refractivity contribution in [2.45, 2.75) is 18.9 Å². The number of rotatable bonds is 4.